The lowest BCUT2D eigenvalue weighted by Crippen LogP contribution is -2.21. The number of carbonyl (C=O) groups excluding carboxylic acids is 1. The molecule has 43 heavy (non-hydrogen) atoms. The van der Waals surface area contributed by atoms with Crippen molar-refractivity contribution in [3.05, 3.63) is 84.8 Å². The van der Waals surface area contributed by atoms with Crippen molar-refractivity contribution in [1.82, 2.24) is 20.3 Å². The van der Waals surface area contributed by atoms with Gasteiger partial charge in [0.2, 0.25) is 0 Å². The Bertz CT molecular complexity index is 1880. The molecule has 1 saturated heterocycles. The number of hydrogen-bond donors (Lipinski definition) is 5. The van der Waals surface area contributed by atoms with Gasteiger partial charge in [-0.05, 0) is 86.1 Å². The number of aromatic nitrogens is 3. The summed E-state index contributed by atoms with van der Waals surface area (Å²) < 4.78 is 5.30. The summed E-state index contributed by atoms with van der Waals surface area (Å²) in [7, 11) is 1.43. The summed E-state index contributed by atoms with van der Waals surface area (Å²) in [6.45, 7) is 14.8. The summed E-state index contributed by atoms with van der Waals surface area (Å²) >= 11 is 0. The molecule has 0 saturated carbocycles. The Hall–Kier alpha value is -4.46. The quantitative estimate of drug-likeness (QED) is 0.273. The minimum Gasteiger partial charge on any atom is -0.481 e. The topological polar surface area (TPSA) is 123 Å². The standard InChI is InChI=1S/C35H40N4O4/c1-8-20-16(3)25-13-27-18(5)22(10-11-31(40)41)33(38-27)32-24(35(42)43-7)12-23-19(6)28(39-34(23)32)15-30-21(9-2)17(4)26(37-30)14-29(20)36-25/h8,13-15,18,22,24,36-39H,1,9-12H2,2-7H3,(H,40,41)/b26-14-,27-13-,30-15-,33-32-/t18-,22-,24-/m0/s1. The number of aromatic amines is 3. The first kappa shape index (κ1) is 28.6. The van der Waals surface area contributed by atoms with Gasteiger partial charge in [-0.1, -0.05) is 26.5 Å². The van der Waals surface area contributed by atoms with E-state index >= 15 is 0 Å². The van der Waals surface area contributed by atoms with Crippen LogP contribution in [0.4, 0.5) is 0 Å². The molecule has 0 amide bonds. The van der Waals surface area contributed by atoms with Crippen molar-refractivity contribution < 1.29 is 19.4 Å². The fraction of sp³-hybridized carbons (Fsp3) is 0.371. The van der Waals surface area contributed by atoms with Crippen LogP contribution in [0.25, 0.3) is 29.9 Å². The number of methoxy groups -OCH3 is 1. The molecule has 224 valence electrons. The molecule has 5 heterocycles. The van der Waals surface area contributed by atoms with Crippen LogP contribution in [0.2, 0.25) is 0 Å². The minimum atomic E-state index is -0.834. The molecule has 1 aliphatic carbocycles. The van der Waals surface area contributed by atoms with Gasteiger partial charge in [0.05, 0.1) is 13.0 Å². The molecule has 0 radical (unpaired) electrons. The third-order valence-corrected chi connectivity index (χ3v) is 9.89. The third-order valence-electron chi connectivity index (χ3n) is 9.89. The average Bonchev–Trinajstić information content (AvgIpc) is 3.73. The number of hydrogen-bond acceptors (Lipinski definition) is 4. The van der Waals surface area contributed by atoms with E-state index in [4.69, 9.17) is 4.74 Å². The lowest BCUT2D eigenvalue weighted by molar-refractivity contribution is -0.143. The maximum Gasteiger partial charge on any atom is 0.313 e. The van der Waals surface area contributed by atoms with Crippen molar-refractivity contribution >= 4 is 41.8 Å². The number of esters is 1. The smallest absolute Gasteiger partial charge is 0.313 e. The van der Waals surface area contributed by atoms with Gasteiger partial charge in [-0.15, -0.1) is 0 Å². The molecule has 3 aromatic rings. The Morgan fingerprint density at radius 1 is 1.02 bits per heavy atom. The van der Waals surface area contributed by atoms with Gasteiger partial charge in [0.25, 0.3) is 0 Å². The number of aliphatic carboxylic acids is 1. The van der Waals surface area contributed by atoms with Crippen molar-refractivity contribution in [3.8, 4) is 0 Å². The van der Waals surface area contributed by atoms with E-state index in [2.05, 4.69) is 79.7 Å². The van der Waals surface area contributed by atoms with Gasteiger partial charge in [-0.2, -0.15) is 0 Å². The summed E-state index contributed by atoms with van der Waals surface area (Å²) in [6.07, 6.45) is 10.3. The number of fused-ring (bicyclic) bond motifs is 7. The molecule has 8 heteroatoms. The zero-order valence-corrected chi connectivity index (χ0v) is 25.7. The fourth-order valence-corrected chi connectivity index (χ4v) is 7.39. The summed E-state index contributed by atoms with van der Waals surface area (Å²) in [5.74, 6) is -1.71. The normalized spacial score (nSPS) is 24.8. The van der Waals surface area contributed by atoms with Crippen LogP contribution in [0.3, 0.4) is 0 Å². The van der Waals surface area contributed by atoms with E-state index in [1.165, 1.54) is 18.2 Å². The molecule has 2 aliphatic heterocycles. The van der Waals surface area contributed by atoms with Gasteiger partial charge in [0.15, 0.2) is 0 Å². The molecule has 1 fully saturated rings. The average molecular weight is 581 g/mol. The molecule has 3 aromatic heterocycles. The van der Waals surface area contributed by atoms with Gasteiger partial charge in [-0.25, -0.2) is 0 Å². The van der Waals surface area contributed by atoms with Crippen LogP contribution in [0.5, 0.6) is 0 Å². The highest BCUT2D eigenvalue weighted by Crippen LogP contribution is 2.48. The molecule has 0 unspecified atom stereocenters. The van der Waals surface area contributed by atoms with Crippen molar-refractivity contribution in [2.24, 2.45) is 17.8 Å². The number of carboxylic acids is 1. The predicted molar refractivity (Wildman–Crippen MR) is 169 cm³/mol. The molecule has 0 spiro atoms. The van der Waals surface area contributed by atoms with E-state index in [-0.39, 0.29) is 24.2 Å². The lowest BCUT2D eigenvalue weighted by atomic mass is 9.85. The van der Waals surface area contributed by atoms with Crippen LogP contribution in [-0.4, -0.2) is 39.1 Å². The summed E-state index contributed by atoms with van der Waals surface area (Å²) in [5, 5.41) is 15.4. The number of ether oxygens (including phenoxy) is 1. The van der Waals surface area contributed by atoms with Crippen LogP contribution in [0.1, 0.15) is 82.8 Å². The first-order valence-electron chi connectivity index (χ1n) is 15.1. The molecule has 5 N–H and O–H groups in total. The molecule has 8 bridgehead atoms. The van der Waals surface area contributed by atoms with E-state index in [0.717, 1.165) is 79.1 Å². The van der Waals surface area contributed by atoms with Crippen molar-refractivity contribution in [1.29, 1.82) is 0 Å². The summed E-state index contributed by atoms with van der Waals surface area (Å²) in [6, 6.07) is 0. The molecular formula is C35H40N4O4. The van der Waals surface area contributed by atoms with Gasteiger partial charge in [0.1, 0.15) is 0 Å². The maximum atomic E-state index is 13.2. The minimum absolute atomic E-state index is 0.00387. The first-order valence-corrected chi connectivity index (χ1v) is 15.1. The highest BCUT2D eigenvalue weighted by molar-refractivity contribution is 5.94. The predicted octanol–water partition coefficient (Wildman–Crippen LogP) is 4.59. The summed E-state index contributed by atoms with van der Waals surface area (Å²) in [4.78, 5) is 36.0. The second-order valence-electron chi connectivity index (χ2n) is 12.1. The van der Waals surface area contributed by atoms with Gasteiger partial charge < -0.3 is 30.1 Å². The van der Waals surface area contributed by atoms with Crippen molar-refractivity contribution in [2.75, 3.05) is 7.11 Å². The molecule has 8 nitrogen and oxygen atoms in total. The number of nitrogens with one attached hydrogen (secondary N) is 4. The molecule has 6 rings (SSSR count). The van der Waals surface area contributed by atoms with Gasteiger partial charge >= 0.3 is 11.9 Å². The van der Waals surface area contributed by atoms with Crippen LogP contribution >= 0.6 is 0 Å². The Balaban J connectivity index is 1.71. The Labute approximate surface area is 251 Å². The second kappa shape index (κ2) is 10.7. The monoisotopic (exact) mass is 580 g/mol. The highest BCUT2D eigenvalue weighted by atomic mass is 16.5. The van der Waals surface area contributed by atoms with Crippen LogP contribution in [0.15, 0.2) is 18.0 Å². The van der Waals surface area contributed by atoms with Crippen LogP contribution in [-0.2, 0) is 27.2 Å². The maximum absolute atomic E-state index is 13.2. The lowest BCUT2D eigenvalue weighted by Gasteiger charge is -2.19. The fourth-order valence-electron chi connectivity index (χ4n) is 7.39. The number of H-pyrrole nitrogens is 3. The summed E-state index contributed by atoms with van der Waals surface area (Å²) in [5.41, 5.74) is 13.4. The Kier molecular flexibility index (Phi) is 7.11. The van der Waals surface area contributed by atoms with Gasteiger partial charge in [-0.3, -0.25) is 9.59 Å². The SMILES string of the molecule is C=Cc1c2[nH]c(c1C)/C=C1\N/C(=C3\c4[nH]c(c(C)c4C[C@@H]3C(=O)OC)/C=c3\[nH]/c(c(C)c3CC)=C\2)[C@@H](CCC(=O)O)[C@@H]1C. The van der Waals surface area contributed by atoms with E-state index in [1.807, 2.05) is 6.08 Å². The number of rotatable bonds is 6. The largest absolute Gasteiger partial charge is 0.481 e. The zero-order chi connectivity index (χ0) is 30.7. The molecular weight excluding hydrogens is 540 g/mol. The zero-order valence-electron chi connectivity index (χ0n) is 25.7. The molecule has 3 aliphatic rings. The van der Waals surface area contributed by atoms with E-state index in [0.29, 0.717) is 12.8 Å². The highest BCUT2D eigenvalue weighted by Gasteiger charge is 2.43. The Morgan fingerprint density at radius 2 is 1.74 bits per heavy atom. The Morgan fingerprint density at radius 3 is 2.42 bits per heavy atom. The van der Waals surface area contributed by atoms with Crippen molar-refractivity contribution in [3.63, 3.8) is 0 Å². The van der Waals surface area contributed by atoms with Crippen LogP contribution < -0.4 is 16.0 Å². The van der Waals surface area contributed by atoms with E-state index < -0.39 is 11.9 Å². The van der Waals surface area contributed by atoms with Gasteiger partial charge in [0, 0.05) is 74.3 Å². The van der Waals surface area contributed by atoms with Crippen molar-refractivity contribution in [2.45, 2.75) is 60.3 Å². The third kappa shape index (κ3) is 4.51. The van der Waals surface area contributed by atoms with Crippen LogP contribution in [0, 0.1) is 38.5 Å². The molecule has 0 aromatic carbocycles. The number of allylic oxidation sites excluding steroid dienone is 2. The second-order valence-corrected chi connectivity index (χ2v) is 12.1. The number of carboxylic acid groups (broad SMARTS) is 1. The number of carbonyl (C=O) groups is 2. The first-order chi connectivity index (χ1) is 20.6. The van der Waals surface area contributed by atoms with E-state index in [1.54, 1.807) is 0 Å². The molecule has 3 atom stereocenters. The van der Waals surface area contributed by atoms with E-state index in [9.17, 15) is 14.7 Å².